The molecule has 208 valence electrons. The van der Waals surface area contributed by atoms with Gasteiger partial charge in [-0.1, -0.05) is 105 Å². The average Bonchev–Trinajstić information content (AvgIpc) is 3.76. The van der Waals surface area contributed by atoms with Crippen LogP contribution in [0.5, 0.6) is 5.75 Å². The Morgan fingerprint density at radius 1 is 0.974 bits per heavy atom. The van der Waals surface area contributed by atoms with Gasteiger partial charge in [0, 0.05) is 0 Å². The topological polar surface area (TPSA) is 60.5 Å². The largest absolute Gasteiger partial charge is 0.497 e. The van der Waals surface area contributed by atoms with E-state index >= 15 is 0 Å². The Balaban J connectivity index is 1.45. The molecule has 3 aromatic carbocycles. The van der Waals surface area contributed by atoms with Crippen molar-refractivity contribution in [3.8, 4) is 5.75 Å². The van der Waals surface area contributed by atoms with Crippen molar-refractivity contribution in [1.29, 1.82) is 0 Å². The summed E-state index contributed by atoms with van der Waals surface area (Å²) < 4.78 is 23.6. The van der Waals surface area contributed by atoms with Crippen molar-refractivity contribution in [1.82, 2.24) is 0 Å². The standard InChI is InChI=1S/C33H42O5Si/c1-33(2,3)39(31-11-7-5-8-12-31,32-13-9-6-10-14-32)38-20-19-27(22-30-25-37-30)21-28(34)24-36-23-26-15-17-29(35-4)18-16-26/h5-19,28,30,34H,20-25H2,1-4H3/b27-19+/t28-,30-/m1/s1. The Bertz CT molecular complexity index is 1130. The molecule has 4 rings (SSSR count). The van der Waals surface area contributed by atoms with Crippen molar-refractivity contribution in [2.45, 2.75) is 57.5 Å². The van der Waals surface area contributed by atoms with E-state index in [4.69, 9.17) is 18.6 Å². The second kappa shape index (κ2) is 13.6. The second-order valence-corrected chi connectivity index (χ2v) is 15.5. The first-order chi connectivity index (χ1) is 18.8. The summed E-state index contributed by atoms with van der Waals surface area (Å²) in [6.45, 7) is 8.82. The number of aliphatic hydroxyl groups is 1. The van der Waals surface area contributed by atoms with Gasteiger partial charge in [-0.25, -0.2) is 0 Å². The Hall–Kier alpha value is -2.74. The molecule has 0 bridgehead atoms. The van der Waals surface area contributed by atoms with Crippen LogP contribution in [0.15, 0.2) is 96.6 Å². The Morgan fingerprint density at radius 3 is 2.08 bits per heavy atom. The van der Waals surface area contributed by atoms with Crippen LogP contribution >= 0.6 is 0 Å². The molecule has 1 saturated heterocycles. The predicted octanol–water partition coefficient (Wildman–Crippen LogP) is 5.25. The molecule has 1 N–H and O–H groups in total. The van der Waals surface area contributed by atoms with Gasteiger partial charge in [0.1, 0.15) is 5.75 Å². The highest BCUT2D eigenvalue weighted by Gasteiger charge is 2.49. The van der Waals surface area contributed by atoms with E-state index < -0.39 is 14.4 Å². The summed E-state index contributed by atoms with van der Waals surface area (Å²) in [7, 11) is -0.966. The van der Waals surface area contributed by atoms with Gasteiger partial charge < -0.3 is 23.7 Å². The number of rotatable bonds is 14. The molecule has 2 atom stereocenters. The molecule has 0 aromatic heterocycles. The molecule has 0 aliphatic carbocycles. The summed E-state index contributed by atoms with van der Waals surface area (Å²) in [5.74, 6) is 0.816. The Kier molecular flexibility index (Phi) is 10.2. The molecule has 0 saturated carbocycles. The number of hydrogen-bond acceptors (Lipinski definition) is 5. The number of aliphatic hydroxyl groups excluding tert-OH is 1. The number of ether oxygens (including phenoxy) is 3. The number of hydrogen-bond donors (Lipinski definition) is 1. The average molecular weight is 547 g/mol. The summed E-state index contributed by atoms with van der Waals surface area (Å²) >= 11 is 0. The van der Waals surface area contributed by atoms with Gasteiger partial charge in [-0.05, 0) is 45.9 Å². The maximum absolute atomic E-state index is 10.8. The van der Waals surface area contributed by atoms with Crippen LogP contribution in [0.4, 0.5) is 0 Å². The molecule has 6 heteroatoms. The van der Waals surface area contributed by atoms with Gasteiger partial charge >= 0.3 is 0 Å². The van der Waals surface area contributed by atoms with Gasteiger partial charge in [0.15, 0.2) is 0 Å². The minimum absolute atomic E-state index is 0.0852. The quantitative estimate of drug-likeness (QED) is 0.170. The molecule has 0 amide bonds. The van der Waals surface area contributed by atoms with Crippen LogP contribution in [0.3, 0.4) is 0 Å². The smallest absolute Gasteiger partial charge is 0.261 e. The fourth-order valence-electron chi connectivity index (χ4n) is 5.17. The first-order valence-electron chi connectivity index (χ1n) is 13.7. The fraction of sp³-hybridized carbons (Fsp3) is 0.394. The van der Waals surface area contributed by atoms with Crippen LogP contribution in [-0.2, 0) is 20.5 Å². The minimum Gasteiger partial charge on any atom is -0.497 e. The third-order valence-corrected chi connectivity index (χ3v) is 12.2. The van der Waals surface area contributed by atoms with Gasteiger partial charge in [0.2, 0.25) is 0 Å². The van der Waals surface area contributed by atoms with Crippen molar-refractivity contribution < 1.29 is 23.7 Å². The summed E-state index contributed by atoms with van der Waals surface area (Å²) in [6.07, 6.45) is 3.14. The SMILES string of the molecule is COc1ccc(COC[C@H](O)C/C(=C\CO[Si](c2ccccc2)(c2ccccc2)C(C)(C)C)C[C@@H]2CO2)cc1. The number of benzene rings is 3. The molecule has 1 aliphatic rings. The highest BCUT2D eigenvalue weighted by molar-refractivity contribution is 6.99. The van der Waals surface area contributed by atoms with E-state index in [-0.39, 0.29) is 17.7 Å². The normalized spacial score (nSPS) is 16.6. The molecule has 5 nitrogen and oxygen atoms in total. The molecule has 0 spiro atoms. The van der Waals surface area contributed by atoms with Gasteiger partial charge in [0.25, 0.3) is 8.32 Å². The van der Waals surface area contributed by atoms with Gasteiger partial charge in [-0.2, -0.15) is 0 Å². The zero-order valence-electron chi connectivity index (χ0n) is 23.6. The van der Waals surface area contributed by atoms with Gasteiger partial charge in [-0.3, -0.25) is 0 Å². The molecular formula is C33H42O5Si. The number of epoxide rings is 1. The lowest BCUT2D eigenvalue weighted by atomic mass is 10.0. The predicted molar refractivity (Wildman–Crippen MR) is 159 cm³/mol. The highest BCUT2D eigenvalue weighted by atomic mass is 28.4. The third kappa shape index (κ3) is 7.90. The van der Waals surface area contributed by atoms with E-state index in [1.165, 1.54) is 10.4 Å². The zero-order chi connectivity index (χ0) is 27.7. The lowest BCUT2D eigenvalue weighted by Crippen LogP contribution is -2.66. The Labute approximate surface area is 234 Å². The molecule has 1 fully saturated rings. The van der Waals surface area contributed by atoms with Crippen LogP contribution < -0.4 is 15.1 Å². The van der Waals surface area contributed by atoms with Crippen LogP contribution in [-0.4, -0.2) is 52.6 Å². The zero-order valence-corrected chi connectivity index (χ0v) is 24.6. The van der Waals surface area contributed by atoms with Gasteiger partial charge in [-0.15, -0.1) is 0 Å². The monoisotopic (exact) mass is 546 g/mol. The van der Waals surface area contributed by atoms with Crippen LogP contribution in [0, 0.1) is 0 Å². The maximum atomic E-state index is 10.8. The summed E-state index contributed by atoms with van der Waals surface area (Å²) in [6, 6.07) is 29.1. The molecular weight excluding hydrogens is 504 g/mol. The van der Waals surface area contributed by atoms with Gasteiger partial charge in [0.05, 0.1) is 45.7 Å². The Morgan fingerprint density at radius 2 is 1.56 bits per heavy atom. The molecule has 0 unspecified atom stereocenters. The van der Waals surface area contributed by atoms with E-state index in [0.717, 1.165) is 29.9 Å². The molecule has 1 aliphatic heterocycles. The van der Waals surface area contributed by atoms with Crippen LogP contribution in [0.2, 0.25) is 5.04 Å². The van der Waals surface area contributed by atoms with Crippen LogP contribution in [0.1, 0.15) is 39.2 Å². The van der Waals surface area contributed by atoms with Crippen LogP contribution in [0.25, 0.3) is 0 Å². The van der Waals surface area contributed by atoms with Crippen molar-refractivity contribution in [3.05, 3.63) is 102 Å². The molecule has 3 aromatic rings. The van der Waals surface area contributed by atoms with E-state index in [1.807, 2.05) is 24.3 Å². The number of methoxy groups -OCH3 is 1. The first kappa shape index (κ1) is 29.2. The molecule has 0 radical (unpaired) electrons. The summed E-state index contributed by atoms with van der Waals surface area (Å²) in [5.41, 5.74) is 2.19. The van der Waals surface area contributed by atoms with E-state index in [2.05, 4.69) is 87.5 Å². The summed E-state index contributed by atoms with van der Waals surface area (Å²) in [5, 5.41) is 13.2. The maximum Gasteiger partial charge on any atom is 0.261 e. The van der Waals surface area contributed by atoms with E-state index in [0.29, 0.717) is 19.6 Å². The van der Waals surface area contributed by atoms with E-state index in [1.54, 1.807) is 7.11 Å². The molecule has 1 heterocycles. The fourth-order valence-corrected chi connectivity index (χ4v) is 9.66. The lowest BCUT2D eigenvalue weighted by Gasteiger charge is -2.42. The van der Waals surface area contributed by atoms with Crippen molar-refractivity contribution >= 4 is 18.7 Å². The highest BCUT2D eigenvalue weighted by Crippen LogP contribution is 2.37. The minimum atomic E-state index is -2.62. The first-order valence-corrected chi connectivity index (χ1v) is 15.7. The molecule has 39 heavy (non-hydrogen) atoms. The lowest BCUT2D eigenvalue weighted by molar-refractivity contribution is 0.0283. The second-order valence-electron chi connectivity index (χ2n) is 11.2. The third-order valence-electron chi connectivity index (χ3n) is 7.22. The van der Waals surface area contributed by atoms with Crippen molar-refractivity contribution in [2.75, 3.05) is 26.9 Å². The summed E-state index contributed by atoms with van der Waals surface area (Å²) in [4.78, 5) is 0. The van der Waals surface area contributed by atoms with E-state index in [9.17, 15) is 5.11 Å². The van der Waals surface area contributed by atoms with Crippen molar-refractivity contribution in [3.63, 3.8) is 0 Å². The van der Waals surface area contributed by atoms with Crippen molar-refractivity contribution in [2.24, 2.45) is 0 Å².